The Morgan fingerprint density at radius 1 is 1.32 bits per heavy atom. The SMILES string of the molecule is O=S(=O)(CCc1ccncc1)N(CCCl)CC(F)F. The van der Waals surface area contributed by atoms with Gasteiger partial charge in [0.2, 0.25) is 10.0 Å². The Kier molecular flexibility index (Phi) is 6.60. The maximum atomic E-state index is 12.3. The molecular weight excluding hydrogens is 298 g/mol. The van der Waals surface area contributed by atoms with Crippen LogP contribution >= 0.6 is 11.6 Å². The molecule has 1 aromatic rings. The van der Waals surface area contributed by atoms with Crippen LogP contribution in [0.25, 0.3) is 0 Å². The molecule has 0 radical (unpaired) electrons. The molecule has 0 aromatic carbocycles. The summed E-state index contributed by atoms with van der Waals surface area (Å²) < 4.78 is 49.3. The lowest BCUT2D eigenvalue weighted by Gasteiger charge is -2.20. The van der Waals surface area contributed by atoms with E-state index in [0.717, 1.165) is 9.87 Å². The van der Waals surface area contributed by atoms with Crippen LogP contribution in [-0.2, 0) is 16.4 Å². The number of alkyl halides is 3. The molecule has 0 aliphatic carbocycles. The second kappa shape index (κ2) is 7.72. The van der Waals surface area contributed by atoms with Crippen LogP contribution < -0.4 is 0 Å². The number of aryl methyl sites for hydroxylation is 1. The number of hydrogen-bond acceptors (Lipinski definition) is 3. The van der Waals surface area contributed by atoms with Crippen molar-refractivity contribution in [2.24, 2.45) is 0 Å². The minimum atomic E-state index is -3.73. The van der Waals surface area contributed by atoms with Crippen molar-refractivity contribution in [3.05, 3.63) is 30.1 Å². The van der Waals surface area contributed by atoms with Crippen LogP contribution in [0.3, 0.4) is 0 Å². The van der Waals surface area contributed by atoms with Gasteiger partial charge in [0.05, 0.1) is 12.3 Å². The van der Waals surface area contributed by atoms with Gasteiger partial charge in [0.25, 0.3) is 6.43 Å². The number of hydrogen-bond donors (Lipinski definition) is 0. The summed E-state index contributed by atoms with van der Waals surface area (Å²) in [6.45, 7) is -0.921. The van der Waals surface area contributed by atoms with E-state index in [1.165, 1.54) is 0 Å². The maximum Gasteiger partial charge on any atom is 0.252 e. The van der Waals surface area contributed by atoms with Crippen molar-refractivity contribution in [1.29, 1.82) is 0 Å². The van der Waals surface area contributed by atoms with Gasteiger partial charge in [-0.25, -0.2) is 17.2 Å². The molecule has 0 fully saturated rings. The minimum absolute atomic E-state index is 0.0127. The van der Waals surface area contributed by atoms with Gasteiger partial charge in [-0.3, -0.25) is 4.98 Å². The summed E-state index contributed by atoms with van der Waals surface area (Å²) in [6.07, 6.45) is 0.654. The highest BCUT2D eigenvalue weighted by Crippen LogP contribution is 2.09. The summed E-state index contributed by atoms with van der Waals surface area (Å²) in [5, 5.41) is 0. The highest BCUT2D eigenvalue weighted by atomic mass is 35.5. The molecule has 0 aliphatic rings. The number of sulfonamides is 1. The van der Waals surface area contributed by atoms with Gasteiger partial charge in [-0.1, -0.05) is 0 Å². The summed E-state index contributed by atoms with van der Waals surface area (Å²) in [4.78, 5) is 3.82. The Bertz CT molecular complexity index is 471. The molecular formula is C11H15ClF2N2O2S. The zero-order valence-corrected chi connectivity index (χ0v) is 11.7. The van der Waals surface area contributed by atoms with E-state index in [0.29, 0.717) is 0 Å². The van der Waals surface area contributed by atoms with Crippen LogP contribution in [-0.4, -0.2) is 48.9 Å². The molecule has 1 heterocycles. The maximum absolute atomic E-state index is 12.3. The summed E-state index contributed by atoms with van der Waals surface area (Å²) in [5.74, 6) is -0.234. The van der Waals surface area contributed by atoms with Gasteiger partial charge in [0, 0.05) is 24.8 Å². The van der Waals surface area contributed by atoms with E-state index >= 15 is 0 Å². The predicted molar refractivity (Wildman–Crippen MR) is 70.0 cm³/mol. The van der Waals surface area contributed by atoms with Crippen LogP contribution in [0.15, 0.2) is 24.5 Å². The number of halogens is 3. The fourth-order valence-electron chi connectivity index (χ4n) is 1.52. The fourth-order valence-corrected chi connectivity index (χ4v) is 3.28. The van der Waals surface area contributed by atoms with Crippen molar-refractivity contribution in [3.63, 3.8) is 0 Å². The van der Waals surface area contributed by atoms with E-state index in [9.17, 15) is 17.2 Å². The summed E-state index contributed by atoms with van der Waals surface area (Å²) in [5.41, 5.74) is 0.793. The minimum Gasteiger partial charge on any atom is -0.265 e. The zero-order valence-electron chi connectivity index (χ0n) is 10.2. The summed E-state index contributed by atoms with van der Waals surface area (Å²) in [6, 6.07) is 3.38. The largest absolute Gasteiger partial charge is 0.265 e. The quantitative estimate of drug-likeness (QED) is 0.687. The third kappa shape index (κ3) is 5.80. The van der Waals surface area contributed by atoms with Crippen LogP contribution in [0.4, 0.5) is 8.78 Å². The second-order valence-electron chi connectivity index (χ2n) is 3.86. The first-order valence-electron chi connectivity index (χ1n) is 5.66. The lowest BCUT2D eigenvalue weighted by Crippen LogP contribution is -2.38. The van der Waals surface area contributed by atoms with E-state index in [1.54, 1.807) is 24.5 Å². The molecule has 0 spiro atoms. The first kappa shape index (κ1) is 16.3. The molecule has 1 aromatic heterocycles. The summed E-state index contributed by atoms with van der Waals surface area (Å²) >= 11 is 5.44. The molecule has 0 saturated carbocycles. The van der Waals surface area contributed by atoms with Crippen molar-refractivity contribution in [2.75, 3.05) is 24.7 Å². The highest BCUT2D eigenvalue weighted by molar-refractivity contribution is 7.89. The van der Waals surface area contributed by atoms with E-state index in [2.05, 4.69) is 4.98 Å². The molecule has 0 N–H and O–H groups in total. The van der Waals surface area contributed by atoms with Crippen molar-refractivity contribution in [1.82, 2.24) is 9.29 Å². The molecule has 0 bridgehead atoms. The standard InChI is InChI=1S/C11H15ClF2N2O2S/c12-4-7-16(9-11(13)14)19(17,18)8-3-10-1-5-15-6-2-10/h1-2,5-6,11H,3-4,7-9H2. The van der Waals surface area contributed by atoms with Gasteiger partial charge in [0.15, 0.2) is 0 Å². The molecule has 0 aliphatic heterocycles. The molecule has 0 unspecified atom stereocenters. The highest BCUT2D eigenvalue weighted by Gasteiger charge is 2.24. The van der Waals surface area contributed by atoms with Crippen molar-refractivity contribution < 1.29 is 17.2 Å². The van der Waals surface area contributed by atoms with Gasteiger partial charge in [-0.05, 0) is 24.1 Å². The van der Waals surface area contributed by atoms with Crippen molar-refractivity contribution >= 4 is 21.6 Å². The third-order valence-electron chi connectivity index (χ3n) is 2.47. The second-order valence-corrected chi connectivity index (χ2v) is 6.33. The number of pyridine rings is 1. The van der Waals surface area contributed by atoms with E-state index < -0.39 is 23.0 Å². The number of aromatic nitrogens is 1. The fraction of sp³-hybridized carbons (Fsp3) is 0.545. The number of rotatable bonds is 8. The Hall–Kier alpha value is -0.790. The third-order valence-corrected chi connectivity index (χ3v) is 4.47. The van der Waals surface area contributed by atoms with Gasteiger partial charge in [-0.15, -0.1) is 11.6 Å². The zero-order chi connectivity index (χ0) is 14.3. The number of nitrogens with zero attached hydrogens (tertiary/aromatic N) is 2. The van der Waals surface area contributed by atoms with Crippen LogP contribution in [0.5, 0.6) is 0 Å². The molecule has 8 heteroatoms. The van der Waals surface area contributed by atoms with Crippen LogP contribution in [0.2, 0.25) is 0 Å². The lowest BCUT2D eigenvalue weighted by atomic mass is 10.2. The molecule has 1 rings (SSSR count). The first-order chi connectivity index (χ1) is 8.95. The smallest absolute Gasteiger partial charge is 0.252 e. The Morgan fingerprint density at radius 3 is 2.47 bits per heavy atom. The van der Waals surface area contributed by atoms with Gasteiger partial charge >= 0.3 is 0 Å². The monoisotopic (exact) mass is 312 g/mol. The topological polar surface area (TPSA) is 50.3 Å². The molecule has 0 amide bonds. The lowest BCUT2D eigenvalue weighted by molar-refractivity contribution is 0.121. The van der Waals surface area contributed by atoms with Crippen LogP contribution in [0.1, 0.15) is 5.56 Å². The van der Waals surface area contributed by atoms with Crippen LogP contribution in [0, 0.1) is 0 Å². The molecule has 4 nitrogen and oxygen atoms in total. The van der Waals surface area contributed by atoms with E-state index in [1.807, 2.05) is 0 Å². The van der Waals surface area contributed by atoms with E-state index in [4.69, 9.17) is 11.6 Å². The predicted octanol–water partition coefficient (Wildman–Crippen LogP) is 1.76. The molecule has 0 atom stereocenters. The Morgan fingerprint density at radius 2 is 1.95 bits per heavy atom. The van der Waals surface area contributed by atoms with Gasteiger partial charge < -0.3 is 0 Å². The van der Waals surface area contributed by atoms with Gasteiger partial charge in [0.1, 0.15) is 0 Å². The Balaban J connectivity index is 2.66. The molecule has 0 saturated heterocycles. The first-order valence-corrected chi connectivity index (χ1v) is 7.81. The summed E-state index contributed by atoms with van der Waals surface area (Å²) in [7, 11) is -3.73. The average molecular weight is 313 g/mol. The molecule has 19 heavy (non-hydrogen) atoms. The van der Waals surface area contributed by atoms with Crippen molar-refractivity contribution in [3.8, 4) is 0 Å². The van der Waals surface area contributed by atoms with E-state index in [-0.39, 0.29) is 24.6 Å². The van der Waals surface area contributed by atoms with Crippen molar-refractivity contribution in [2.45, 2.75) is 12.8 Å². The van der Waals surface area contributed by atoms with Gasteiger partial charge in [-0.2, -0.15) is 4.31 Å². The molecule has 108 valence electrons. The normalized spacial score (nSPS) is 12.3. The average Bonchev–Trinajstić information content (AvgIpc) is 2.37. The Labute approximate surface area is 116 Å².